The Kier molecular flexibility index (Phi) is 3.84. The number of nitrogens with one attached hydrogen (secondary N) is 1. The number of aliphatic imine (C=N–C) groups is 1. The van der Waals surface area contributed by atoms with E-state index >= 15 is 0 Å². The summed E-state index contributed by atoms with van der Waals surface area (Å²) in [5.41, 5.74) is 5.69. The summed E-state index contributed by atoms with van der Waals surface area (Å²) in [4.78, 5) is 4.19. The van der Waals surface area contributed by atoms with E-state index in [1.54, 1.807) is 0 Å². The highest BCUT2D eigenvalue weighted by atomic mass is 19.3. The van der Waals surface area contributed by atoms with Crippen LogP contribution in [0.2, 0.25) is 0 Å². The quantitative estimate of drug-likeness (QED) is 0.455. The third kappa shape index (κ3) is 4.48. The van der Waals surface area contributed by atoms with Gasteiger partial charge in [-0.25, -0.2) is 8.78 Å². The summed E-state index contributed by atoms with van der Waals surface area (Å²) in [6, 6.07) is 0.467. The molecule has 3 nitrogen and oxygen atoms in total. The van der Waals surface area contributed by atoms with Crippen LogP contribution in [0.4, 0.5) is 8.78 Å². The lowest BCUT2D eigenvalue weighted by Crippen LogP contribution is -2.34. The zero-order valence-corrected chi connectivity index (χ0v) is 10.1. The van der Waals surface area contributed by atoms with Crippen molar-refractivity contribution in [3.05, 3.63) is 0 Å². The van der Waals surface area contributed by atoms with E-state index in [-0.39, 0.29) is 18.8 Å². The van der Waals surface area contributed by atoms with Crippen LogP contribution in [-0.2, 0) is 0 Å². The Morgan fingerprint density at radius 3 is 2.76 bits per heavy atom. The van der Waals surface area contributed by atoms with Crippen LogP contribution in [0.5, 0.6) is 0 Å². The molecule has 17 heavy (non-hydrogen) atoms. The first kappa shape index (κ1) is 12.6. The molecule has 1 unspecified atom stereocenters. The number of alkyl halides is 2. The molecular weight excluding hydrogens is 224 g/mol. The minimum Gasteiger partial charge on any atom is -0.370 e. The first-order valence-electron chi connectivity index (χ1n) is 6.49. The third-order valence-corrected chi connectivity index (χ3v) is 3.44. The van der Waals surface area contributed by atoms with Gasteiger partial charge in [0, 0.05) is 25.4 Å². The Labute approximate surface area is 101 Å². The molecule has 0 aromatic heterocycles. The molecule has 0 aromatic carbocycles. The predicted octanol–water partition coefficient (Wildman–Crippen LogP) is 2.27. The smallest absolute Gasteiger partial charge is 0.248 e. The second-order valence-electron chi connectivity index (χ2n) is 5.32. The fourth-order valence-electron chi connectivity index (χ4n) is 2.31. The van der Waals surface area contributed by atoms with Crippen LogP contribution in [0, 0.1) is 5.92 Å². The van der Waals surface area contributed by atoms with Crippen molar-refractivity contribution in [1.82, 2.24) is 5.32 Å². The topological polar surface area (TPSA) is 50.4 Å². The van der Waals surface area contributed by atoms with Crippen LogP contribution in [0.3, 0.4) is 0 Å². The normalized spacial score (nSPS) is 29.8. The third-order valence-electron chi connectivity index (χ3n) is 3.44. The summed E-state index contributed by atoms with van der Waals surface area (Å²) in [6.07, 6.45) is 4.62. The molecule has 0 spiro atoms. The van der Waals surface area contributed by atoms with Crippen LogP contribution in [-0.4, -0.2) is 24.5 Å². The fraction of sp³-hybridized carbons (Fsp3) is 0.917. The van der Waals surface area contributed by atoms with Gasteiger partial charge in [-0.3, -0.25) is 4.99 Å². The van der Waals surface area contributed by atoms with E-state index in [4.69, 9.17) is 5.73 Å². The molecule has 2 saturated carbocycles. The second-order valence-corrected chi connectivity index (χ2v) is 5.32. The van der Waals surface area contributed by atoms with Crippen molar-refractivity contribution in [2.45, 2.75) is 56.9 Å². The van der Waals surface area contributed by atoms with Crippen molar-refractivity contribution >= 4 is 5.96 Å². The van der Waals surface area contributed by atoms with E-state index in [0.29, 0.717) is 25.0 Å². The fourth-order valence-corrected chi connectivity index (χ4v) is 2.31. The zero-order chi connectivity index (χ0) is 12.3. The Bertz CT molecular complexity index is 287. The predicted molar refractivity (Wildman–Crippen MR) is 64.2 cm³/mol. The lowest BCUT2D eigenvalue weighted by molar-refractivity contribution is -0.0241. The number of hydrogen-bond donors (Lipinski definition) is 2. The van der Waals surface area contributed by atoms with Gasteiger partial charge in [0.25, 0.3) is 0 Å². The number of nitrogens with two attached hydrogens (primary N) is 1. The van der Waals surface area contributed by atoms with E-state index in [1.807, 2.05) is 0 Å². The lowest BCUT2D eigenvalue weighted by Gasteiger charge is -2.18. The Hall–Kier alpha value is -0.870. The van der Waals surface area contributed by atoms with Gasteiger partial charge in [0.1, 0.15) is 0 Å². The molecule has 2 rings (SSSR count). The number of hydrogen-bond acceptors (Lipinski definition) is 1. The molecule has 0 radical (unpaired) electrons. The van der Waals surface area contributed by atoms with Gasteiger partial charge in [-0.05, 0) is 31.6 Å². The van der Waals surface area contributed by atoms with Crippen LogP contribution in [0.15, 0.2) is 4.99 Å². The van der Waals surface area contributed by atoms with Gasteiger partial charge < -0.3 is 11.1 Å². The van der Waals surface area contributed by atoms with Crippen LogP contribution in [0.25, 0.3) is 0 Å². The molecule has 0 saturated heterocycles. The molecule has 3 N–H and O–H groups in total. The van der Waals surface area contributed by atoms with E-state index < -0.39 is 5.92 Å². The summed E-state index contributed by atoms with van der Waals surface area (Å²) in [5, 5.41) is 3.07. The molecule has 2 aliphatic carbocycles. The highest BCUT2D eigenvalue weighted by molar-refractivity contribution is 5.78. The maximum absolute atomic E-state index is 13.4. The lowest BCUT2D eigenvalue weighted by atomic mass is 9.99. The summed E-state index contributed by atoms with van der Waals surface area (Å²) in [6.45, 7) is 0.432. The molecule has 98 valence electrons. The SMILES string of the molecule is NC(=NCC1CCCCC(F)(F)C1)NC1CC1. The minimum absolute atomic E-state index is 0.0212. The molecule has 5 heteroatoms. The van der Waals surface area contributed by atoms with Crippen LogP contribution in [0.1, 0.15) is 44.9 Å². The van der Waals surface area contributed by atoms with Crippen molar-refractivity contribution in [2.75, 3.05) is 6.54 Å². The molecule has 0 bridgehead atoms. The summed E-state index contributed by atoms with van der Waals surface area (Å²) in [7, 11) is 0. The van der Waals surface area contributed by atoms with Crippen molar-refractivity contribution in [2.24, 2.45) is 16.6 Å². The van der Waals surface area contributed by atoms with Crippen molar-refractivity contribution < 1.29 is 8.78 Å². The Morgan fingerprint density at radius 1 is 1.29 bits per heavy atom. The molecule has 0 heterocycles. The molecule has 2 fully saturated rings. The van der Waals surface area contributed by atoms with Crippen molar-refractivity contribution in [1.29, 1.82) is 0 Å². The molecule has 0 amide bonds. The summed E-state index contributed by atoms with van der Waals surface area (Å²) < 4.78 is 26.7. The Morgan fingerprint density at radius 2 is 2.06 bits per heavy atom. The first-order valence-corrected chi connectivity index (χ1v) is 6.49. The van der Waals surface area contributed by atoms with Gasteiger partial charge in [-0.15, -0.1) is 0 Å². The summed E-state index contributed by atoms with van der Waals surface area (Å²) >= 11 is 0. The van der Waals surface area contributed by atoms with Crippen LogP contribution < -0.4 is 11.1 Å². The number of halogens is 2. The molecule has 0 aliphatic heterocycles. The molecule has 0 aromatic rings. The van der Waals surface area contributed by atoms with Gasteiger partial charge in [-0.1, -0.05) is 6.42 Å². The van der Waals surface area contributed by atoms with Gasteiger partial charge in [-0.2, -0.15) is 0 Å². The molecule has 1 atom stereocenters. The van der Waals surface area contributed by atoms with Crippen molar-refractivity contribution in [3.63, 3.8) is 0 Å². The zero-order valence-electron chi connectivity index (χ0n) is 10.1. The number of nitrogens with zero attached hydrogens (tertiary/aromatic N) is 1. The van der Waals surface area contributed by atoms with Crippen LogP contribution >= 0.6 is 0 Å². The maximum Gasteiger partial charge on any atom is 0.248 e. The largest absolute Gasteiger partial charge is 0.370 e. The first-order chi connectivity index (χ1) is 8.05. The second kappa shape index (κ2) is 5.19. The number of guanidine groups is 1. The van der Waals surface area contributed by atoms with E-state index in [1.165, 1.54) is 0 Å². The van der Waals surface area contributed by atoms with E-state index in [0.717, 1.165) is 25.7 Å². The average molecular weight is 245 g/mol. The average Bonchev–Trinajstić information content (AvgIpc) is 3.04. The maximum atomic E-state index is 13.4. The highest BCUT2D eigenvalue weighted by Gasteiger charge is 2.34. The van der Waals surface area contributed by atoms with Gasteiger partial charge in [0.2, 0.25) is 5.92 Å². The summed E-state index contributed by atoms with van der Waals surface area (Å²) in [5.74, 6) is -2.11. The molecular formula is C12H21F2N3. The monoisotopic (exact) mass is 245 g/mol. The van der Waals surface area contributed by atoms with E-state index in [9.17, 15) is 8.78 Å². The number of rotatable bonds is 3. The van der Waals surface area contributed by atoms with E-state index in [2.05, 4.69) is 10.3 Å². The van der Waals surface area contributed by atoms with Gasteiger partial charge in [0.05, 0.1) is 0 Å². The Balaban J connectivity index is 1.79. The van der Waals surface area contributed by atoms with Crippen molar-refractivity contribution in [3.8, 4) is 0 Å². The highest BCUT2D eigenvalue weighted by Crippen LogP contribution is 2.35. The van der Waals surface area contributed by atoms with Gasteiger partial charge >= 0.3 is 0 Å². The van der Waals surface area contributed by atoms with Gasteiger partial charge in [0.15, 0.2) is 5.96 Å². The molecule has 2 aliphatic rings. The standard InChI is InChI=1S/C12H21F2N3/c13-12(14)6-2-1-3-9(7-12)8-16-11(15)17-10-4-5-10/h9-10H,1-8H2,(H3,15,16,17). The minimum atomic E-state index is -2.50.